The van der Waals surface area contributed by atoms with E-state index in [2.05, 4.69) is 24.4 Å². The third-order valence-electron chi connectivity index (χ3n) is 4.94. The van der Waals surface area contributed by atoms with Crippen LogP contribution in [0.4, 0.5) is 5.69 Å². The molecular weight excluding hydrogens is 376 g/mol. The van der Waals surface area contributed by atoms with Crippen LogP contribution in [0.2, 0.25) is 0 Å². The Labute approximate surface area is 166 Å². The maximum atomic E-state index is 12.8. The third kappa shape index (κ3) is 4.47. The molecule has 0 aromatic heterocycles. The van der Waals surface area contributed by atoms with Gasteiger partial charge in [-0.1, -0.05) is 43.3 Å². The molecular formula is C21H26N2O4S. The van der Waals surface area contributed by atoms with Crippen molar-refractivity contribution >= 4 is 21.6 Å². The predicted octanol–water partition coefficient (Wildman–Crippen LogP) is 3.04. The van der Waals surface area contributed by atoms with E-state index in [0.29, 0.717) is 11.4 Å². The van der Waals surface area contributed by atoms with E-state index < -0.39 is 16.1 Å². The number of para-hydroxylation sites is 2. The topological polar surface area (TPSA) is 75.7 Å². The quantitative estimate of drug-likeness (QED) is 0.834. The van der Waals surface area contributed by atoms with Crippen molar-refractivity contribution in [3.63, 3.8) is 0 Å². The second-order valence-corrected chi connectivity index (χ2v) is 8.93. The van der Waals surface area contributed by atoms with Gasteiger partial charge in [0.15, 0.2) is 6.10 Å². The van der Waals surface area contributed by atoms with Gasteiger partial charge in [-0.3, -0.25) is 9.10 Å². The summed E-state index contributed by atoms with van der Waals surface area (Å²) in [5, 5.41) is 2.98. The van der Waals surface area contributed by atoms with Gasteiger partial charge in [-0.2, -0.15) is 0 Å². The molecule has 0 aliphatic carbocycles. The van der Waals surface area contributed by atoms with Crippen LogP contribution in [0.5, 0.6) is 5.75 Å². The number of ether oxygens (including phenoxy) is 1. The van der Waals surface area contributed by atoms with Crippen molar-refractivity contribution in [1.29, 1.82) is 0 Å². The van der Waals surface area contributed by atoms with Crippen LogP contribution in [0.3, 0.4) is 0 Å². The SMILES string of the molecule is CCc1ccc([C@@H](C)NC(=O)[C@H]2CCN(S(C)(=O)=O)c3ccccc3O2)cc1. The molecule has 1 amide bonds. The monoisotopic (exact) mass is 402 g/mol. The summed E-state index contributed by atoms with van der Waals surface area (Å²) in [6.45, 7) is 4.21. The average Bonchev–Trinajstić information content (AvgIpc) is 2.87. The lowest BCUT2D eigenvalue weighted by atomic mass is 10.0. The predicted molar refractivity (Wildman–Crippen MR) is 110 cm³/mol. The lowest BCUT2D eigenvalue weighted by molar-refractivity contribution is -0.128. The van der Waals surface area contributed by atoms with Gasteiger partial charge in [0, 0.05) is 13.0 Å². The van der Waals surface area contributed by atoms with Crippen molar-refractivity contribution in [2.75, 3.05) is 17.1 Å². The number of carbonyl (C=O) groups is 1. The number of hydrogen-bond donors (Lipinski definition) is 1. The molecule has 150 valence electrons. The Kier molecular flexibility index (Phi) is 5.93. The van der Waals surface area contributed by atoms with Gasteiger partial charge in [0.1, 0.15) is 5.75 Å². The highest BCUT2D eigenvalue weighted by molar-refractivity contribution is 7.92. The summed E-state index contributed by atoms with van der Waals surface area (Å²) in [4.78, 5) is 12.8. The summed E-state index contributed by atoms with van der Waals surface area (Å²) in [7, 11) is -3.46. The zero-order chi connectivity index (χ0) is 20.3. The van der Waals surface area contributed by atoms with E-state index in [1.165, 1.54) is 9.87 Å². The number of aryl methyl sites for hydroxylation is 1. The zero-order valence-electron chi connectivity index (χ0n) is 16.4. The van der Waals surface area contributed by atoms with Gasteiger partial charge in [0.25, 0.3) is 5.91 Å². The molecule has 6 nitrogen and oxygen atoms in total. The van der Waals surface area contributed by atoms with Crippen molar-refractivity contribution in [2.45, 2.75) is 38.8 Å². The number of fused-ring (bicyclic) bond motifs is 1. The number of rotatable bonds is 5. The lowest BCUT2D eigenvalue weighted by Gasteiger charge is -2.20. The number of carbonyl (C=O) groups excluding carboxylic acids is 1. The largest absolute Gasteiger partial charge is 0.478 e. The fraction of sp³-hybridized carbons (Fsp3) is 0.381. The van der Waals surface area contributed by atoms with Crippen molar-refractivity contribution in [1.82, 2.24) is 5.32 Å². The molecule has 28 heavy (non-hydrogen) atoms. The summed E-state index contributed by atoms with van der Waals surface area (Å²) in [6, 6.07) is 14.9. The van der Waals surface area contributed by atoms with Crippen molar-refractivity contribution in [3.05, 3.63) is 59.7 Å². The van der Waals surface area contributed by atoms with Crippen LogP contribution in [0.25, 0.3) is 0 Å². The second kappa shape index (κ2) is 8.22. The smallest absolute Gasteiger partial charge is 0.261 e. The average molecular weight is 403 g/mol. The molecule has 2 aromatic carbocycles. The molecule has 0 saturated carbocycles. The molecule has 0 unspecified atom stereocenters. The summed E-state index contributed by atoms with van der Waals surface area (Å²) in [6.07, 6.45) is 1.64. The fourth-order valence-electron chi connectivity index (χ4n) is 3.29. The normalized spacial score (nSPS) is 17.8. The Morgan fingerprint density at radius 2 is 1.89 bits per heavy atom. The van der Waals surface area contributed by atoms with Gasteiger partial charge < -0.3 is 10.1 Å². The fourth-order valence-corrected chi connectivity index (χ4v) is 4.24. The van der Waals surface area contributed by atoms with Crippen LogP contribution in [0.1, 0.15) is 37.4 Å². The molecule has 0 fully saturated rings. The maximum Gasteiger partial charge on any atom is 0.261 e. The highest BCUT2D eigenvalue weighted by atomic mass is 32.2. The molecule has 1 N–H and O–H groups in total. The first-order valence-corrected chi connectivity index (χ1v) is 11.3. The molecule has 0 saturated heterocycles. The Morgan fingerprint density at radius 3 is 2.54 bits per heavy atom. The van der Waals surface area contributed by atoms with Crippen molar-refractivity contribution < 1.29 is 17.9 Å². The van der Waals surface area contributed by atoms with E-state index in [1.54, 1.807) is 24.3 Å². The number of nitrogens with one attached hydrogen (secondary N) is 1. The molecule has 1 heterocycles. The molecule has 0 radical (unpaired) electrons. The van der Waals surface area contributed by atoms with Crippen LogP contribution < -0.4 is 14.4 Å². The number of benzene rings is 2. The van der Waals surface area contributed by atoms with Gasteiger partial charge in [-0.25, -0.2) is 8.42 Å². The Bertz CT molecular complexity index is 941. The lowest BCUT2D eigenvalue weighted by Crippen LogP contribution is -2.40. The van der Waals surface area contributed by atoms with Gasteiger partial charge in [0.05, 0.1) is 18.0 Å². The van der Waals surface area contributed by atoms with Crippen LogP contribution >= 0.6 is 0 Å². The molecule has 2 atom stereocenters. The Hall–Kier alpha value is -2.54. The van der Waals surface area contributed by atoms with E-state index in [9.17, 15) is 13.2 Å². The van der Waals surface area contributed by atoms with E-state index in [4.69, 9.17) is 4.74 Å². The van der Waals surface area contributed by atoms with Crippen LogP contribution in [-0.4, -0.2) is 33.2 Å². The molecule has 1 aliphatic heterocycles. The molecule has 7 heteroatoms. The summed E-state index contributed by atoms with van der Waals surface area (Å²) in [5.74, 6) is 0.141. The van der Waals surface area contributed by atoms with Crippen molar-refractivity contribution in [3.8, 4) is 5.75 Å². The maximum absolute atomic E-state index is 12.8. The first-order chi connectivity index (χ1) is 13.3. The number of hydrogen-bond acceptors (Lipinski definition) is 4. The van der Waals surface area contributed by atoms with Crippen molar-refractivity contribution in [2.24, 2.45) is 0 Å². The minimum atomic E-state index is -3.46. The summed E-state index contributed by atoms with van der Waals surface area (Å²) < 4.78 is 31.5. The van der Waals surface area contributed by atoms with Gasteiger partial charge >= 0.3 is 0 Å². The number of amides is 1. The second-order valence-electron chi connectivity index (χ2n) is 7.02. The number of anilines is 1. The molecule has 0 bridgehead atoms. The van der Waals surface area contributed by atoms with Crippen LogP contribution in [0, 0.1) is 0 Å². The van der Waals surface area contributed by atoms with Crippen LogP contribution in [0.15, 0.2) is 48.5 Å². The zero-order valence-corrected chi connectivity index (χ0v) is 17.2. The van der Waals surface area contributed by atoms with E-state index in [-0.39, 0.29) is 24.9 Å². The standard InChI is InChI=1S/C21H26N2O4S/c1-4-16-9-11-17(12-10-16)15(2)22-21(24)20-13-14-23(28(3,25)26)18-7-5-6-8-19(18)27-20/h5-12,15,20H,4,13-14H2,1-3H3,(H,22,24)/t15-,20-/m1/s1. The Balaban J connectivity index is 1.76. The summed E-state index contributed by atoms with van der Waals surface area (Å²) in [5.41, 5.74) is 2.72. The highest BCUT2D eigenvalue weighted by Crippen LogP contribution is 2.34. The van der Waals surface area contributed by atoms with Gasteiger partial charge in [-0.15, -0.1) is 0 Å². The highest BCUT2D eigenvalue weighted by Gasteiger charge is 2.31. The van der Waals surface area contributed by atoms with E-state index >= 15 is 0 Å². The molecule has 2 aromatic rings. The van der Waals surface area contributed by atoms with E-state index in [1.807, 2.05) is 19.1 Å². The molecule has 3 rings (SSSR count). The number of nitrogens with zero attached hydrogens (tertiary/aromatic N) is 1. The Morgan fingerprint density at radius 1 is 1.21 bits per heavy atom. The minimum Gasteiger partial charge on any atom is -0.478 e. The minimum absolute atomic E-state index is 0.175. The van der Waals surface area contributed by atoms with Crippen LogP contribution in [-0.2, 0) is 21.2 Å². The van der Waals surface area contributed by atoms with Gasteiger partial charge in [-0.05, 0) is 36.6 Å². The van der Waals surface area contributed by atoms with E-state index in [0.717, 1.165) is 18.2 Å². The van der Waals surface area contributed by atoms with Gasteiger partial charge in [0.2, 0.25) is 10.0 Å². The molecule has 1 aliphatic rings. The third-order valence-corrected chi connectivity index (χ3v) is 6.12. The molecule has 0 spiro atoms. The first kappa shape index (κ1) is 20.2. The first-order valence-electron chi connectivity index (χ1n) is 9.42. The number of sulfonamides is 1. The summed E-state index contributed by atoms with van der Waals surface area (Å²) >= 11 is 0.